The number of imidazole rings is 1. The fraction of sp³-hybridized carbons (Fsp3) is 0.429. The van der Waals surface area contributed by atoms with E-state index in [1.807, 2.05) is 13.8 Å². The van der Waals surface area contributed by atoms with E-state index in [1.165, 1.54) is 6.07 Å². The first-order valence-corrected chi connectivity index (χ1v) is 7.99. The van der Waals surface area contributed by atoms with Crippen LogP contribution in [0.1, 0.15) is 26.7 Å². The van der Waals surface area contributed by atoms with Crippen molar-refractivity contribution in [3.05, 3.63) is 27.2 Å². The maximum atomic E-state index is 13.7. The molecule has 0 saturated carbocycles. The van der Waals surface area contributed by atoms with Gasteiger partial charge in [-0.15, -0.1) is 0 Å². The largest absolute Gasteiger partial charge is 0.354 e. The van der Waals surface area contributed by atoms with Crippen LogP contribution in [-0.2, 0) is 11.3 Å². The average molecular weight is 374 g/mol. The molecule has 1 unspecified atom stereocenters. The van der Waals surface area contributed by atoms with Crippen molar-refractivity contribution in [1.82, 2.24) is 14.9 Å². The van der Waals surface area contributed by atoms with Crippen LogP contribution < -0.4 is 5.32 Å². The second kappa shape index (κ2) is 6.70. The van der Waals surface area contributed by atoms with E-state index in [4.69, 9.17) is 12.2 Å². The summed E-state index contributed by atoms with van der Waals surface area (Å²) in [4.78, 5) is 14.8. The van der Waals surface area contributed by atoms with Gasteiger partial charge in [0.2, 0.25) is 5.91 Å². The summed E-state index contributed by atoms with van der Waals surface area (Å²) in [6, 6.07) is 3.22. The van der Waals surface area contributed by atoms with Gasteiger partial charge in [-0.3, -0.25) is 4.79 Å². The van der Waals surface area contributed by atoms with Crippen molar-refractivity contribution >= 4 is 45.1 Å². The van der Waals surface area contributed by atoms with E-state index in [9.17, 15) is 9.18 Å². The monoisotopic (exact) mass is 373 g/mol. The Kier molecular flexibility index (Phi) is 5.16. The third kappa shape index (κ3) is 3.71. The molecule has 2 rings (SSSR count). The van der Waals surface area contributed by atoms with Gasteiger partial charge < -0.3 is 14.9 Å². The molecule has 0 aliphatic carbocycles. The molecule has 1 amide bonds. The van der Waals surface area contributed by atoms with Gasteiger partial charge >= 0.3 is 0 Å². The van der Waals surface area contributed by atoms with E-state index in [0.29, 0.717) is 27.7 Å². The summed E-state index contributed by atoms with van der Waals surface area (Å²) in [6.07, 6.45) is 1.20. The highest BCUT2D eigenvalue weighted by atomic mass is 79.9. The van der Waals surface area contributed by atoms with E-state index in [1.54, 1.807) is 10.6 Å². The van der Waals surface area contributed by atoms with Crippen LogP contribution in [0.4, 0.5) is 4.39 Å². The van der Waals surface area contributed by atoms with Crippen molar-refractivity contribution in [3.8, 4) is 0 Å². The van der Waals surface area contributed by atoms with Crippen LogP contribution in [0.5, 0.6) is 0 Å². The third-order valence-electron chi connectivity index (χ3n) is 3.40. The molecule has 1 heterocycles. The maximum Gasteiger partial charge on any atom is 0.222 e. The van der Waals surface area contributed by atoms with Crippen LogP contribution in [0.3, 0.4) is 0 Å². The number of H-pyrrole nitrogens is 1. The van der Waals surface area contributed by atoms with Gasteiger partial charge in [0.05, 0.1) is 15.5 Å². The second-order valence-corrected chi connectivity index (χ2v) is 6.23. The number of rotatable bonds is 5. The fourth-order valence-electron chi connectivity index (χ4n) is 2.04. The Morgan fingerprint density at radius 3 is 2.95 bits per heavy atom. The van der Waals surface area contributed by atoms with E-state index >= 15 is 0 Å². The number of hydrogen-bond acceptors (Lipinski definition) is 2. The lowest BCUT2D eigenvalue weighted by Crippen LogP contribution is -2.32. The molecule has 1 aromatic heterocycles. The van der Waals surface area contributed by atoms with Crippen molar-refractivity contribution in [1.29, 1.82) is 0 Å². The van der Waals surface area contributed by atoms with Gasteiger partial charge in [0.25, 0.3) is 0 Å². The molecule has 0 radical (unpaired) electrons. The molecule has 0 saturated heterocycles. The maximum absolute atomic E-state index is 13.7. The summed E-state index contributed by atoms with van der Waals surface area (Å²) in [5.41, 5.74) is 1.41. The highest BCUT2D eigenvalue weighted by molar-refractivity contribution is 9.10. The zero-order valence-corrected chi connectivity index (χ0v) is 14.3. The molecule has 7 heteroatoms. The standard InChI is InChI=1S/C14H17BrFN3OS/c1-3-8(2)17-13(20)4-5-19-12-7-10(16)9(15)6-11(12)18-14(19)21/h6-8H,3-5H2,1-2H3,(H,17,20)(H,18,21). The number of nitrogens with one attached hydrogen (secondary N) is 2. The smallest absolute Gasteiger partial charge is 0.222 e. The van der Waals surface area contributed by atoms with Gasteiger partial charge in [-0.1, -0.05) is 6.92 Å². The molecular formula is C14H17BrFN3OS. The zero-order chi connectivity index (χ0) is 15.6. The van der Waals surface area contributed by atoms with Crippen molar-refractivity contribution in [2.24, 2.45) is 0 Å². The van der Waals surface area contributed by atoms with Crippen LogP contribution in [0.2, 0.25) is 0 Å². The minimum Gasteiger partial charge on any atom is -0.354 e. The number of halogens is 2. The van der Waals surface area contributed by atoms with Gasteiger partial charge in [0.15, 0.2) is 4.77 Å². The highest BCUT2D eigenvalue weighted by Gasteiger charge is 2.11. The number of hydrogen-bond donors (Lipinski definition) is 2. The predicted molar refractivity (Wildman–Crippen MR) is 87.3 cm³/mol. The van der Waals surface area contributed by atoms with E-state index in [-0.39, 0.29) is 17.8 Å². The average Bonchev–Trinajstić information content (AvgIpc) is 2.72. The Hall–Kier alpha value is -1.21. The topological polar surface area (TPSA) is 49.8 Å². The Labute approximate surface area is 135 Å². The lowest BCUT2D eigenvalue weighted by Gasteiger charge is -2.11. The van der Waals surface area contributed by atoms with Gasteiger partial charge in [-0.05, 0) is 47.6 Å². The first kappa shape index (κ1) is 16.2. The molecule has 1 atom stereocenters. The molecule has 0 spiro atoms. The molecule has 0 bridgehead atoms. The van der Waals surface area contributed by atoms with Crippen LogP contribution in [0.15, 0.2) is 16.6 Å². The summed E-state index contributed by atoms with van der Waals surface area (Å²) in [5.74, 6) is -0.382. The molecule has 1 aromatic carbocycles. The van der Waals surface area contributed by atoms with Crippen molar-refractivity contribution in [3.63, 3.8) is 0 Å². The summed E-state index contributed by atoms with van der Waals surface area (Å²) in [5, 5.41) is 2.90. The SMILES string of the molecule is CCC(C)NC(=O)CCn1c(=S)[nH]c2cc(Br)c(F)cc21. The van der Waals surface area contributed by atoms with Gasteiger partial charge in [0.1, 0.15) is 5.82 Å². The zero-order valence-electron chi connectivity index (χ0n) is 11.9. The number of aryl methyl sites for hydroxylation is 1. The Balaban J connectivity index is 2.19. The van der Waals surface area contributed by atoms with Crippen LogP contribution in [0.25, 0.3) is 11.0 Å². The number of nitrogens with zero attached hydrogens (tertiary/aromatic N) is 1. The quantitative estimate of drug-likeness (QED) is 0.780. The Morgan fingerprint density at radius 1 is 1.57 bits per heavy atom. The molecule has 0 aliphatic rings. The van der Waals surface area contributed by atoms with E-state index < -0.39 is 0 Å². The number of amides is 1. The molecular weight excluding hydrogens is 357 g/mol. The normalized spacial score (nSPS) is 12.6. The minimum atomic E-state index is -0.352. The first-order chi connectivity index (χ1) is 9.92. The lowest BCUT2D eigenvalue weighted by atomic mass is 10.2. The van der Waals surface area contributed by atoms with Gasteiger partial charge in [-0.25, -0.2) is 4.39 Å². The summed E-state index contributed by atoms with van der Waals surface area (Å²) in [6.45, 7) is 4.39. The van der Waals surface area contributed by atoms with Crippen LogP contribution in [0, 0.1) is 10.6 Å². The Bertz CT molecular complexity index is 725. The number of benzene rings is 1. The highest BCUT2D eigenvalue weighted by Crippen LogP contribution is 2.23. The predicted octanol–water partition coefficient (Wildman–Crippen LogP) is 3.91. The second-order valence-electron chi connectivity index (χ2n) is 4.99. The van der Waals surface area contributed by atoms with E-state index in [0.717, 1.165) is 11.9 Å². The number of carbonyl (C=O) groups is 1. The van der Waals surface area contributed by atoms with Gasteiger partial charge in [0, 0.05) is 25.1 Å². The third-order valence-corrected chi connectivity index (χ3v) is 4.33. The number of fused-ring (bicyclic) bond motifs is 1. The van der Waals surface area contributed by atoms with E-state index in [2.05, 4.69) is 26.2 Å². The van der Waals surface area contributed by atoms with Crippen molar-refractivity contribution < 1.29 is 9.18 Å². The minimum absolute atomic E-state index is 0.0295. The molecule has 114 valence electrons. The van der Waals surface area contributed by atoms with Crippen molar-refractivity contribution in [2.45, 2.75) is 39.3 Å². The molecule has 21 heavy (non-hydrogen) atoms. The number of aromatic amines is 1. The fourth-order valence-corrected chi connectivity index (χ4v) is 2.68. The first-order valence-electron chi connectivity index (χ1n) is 6.79. The molecule has 2 aromatic rings. The van der Waals surface area contributed by atoms with Gasteiger partial charge in [-0.2, -0.15) is 0 Å². The summed E-state index contributed by atoms with van der Waals surface area (Å²) < 4.78 is 16.3. The molecule has 0 fully saturated rings. The molecule has 4 nitrogen and oxygen atoms in total. The summed E-state index contributed by atoms with van der Waals surface area (Å²) >= 11 is 8.39. The molecule has 0 aliphatic heterocycles. The molecule has 2 N–H and O–H groups in total. The van der Waals surface area contributed by atoms with Crippen molar-refractivity contribution in [2.75, 3.05) is 0 Å². The van der Waals surface area contributed by atoms with Crippen LogP contribution >= 0.6 is 28.1 Å². The number of carbonyl (C=O) groups excluding carboxylic acids is 1. The lowest BCUT2D eigenvalue weighted by molar-refractivity contribution is -0.121. The Morgan fingerprint density at radius 2 is 2.29 bits per heavy atom. The number of aromatic nitrogens is 2. The van der Waals surface area contributed by atoms with Crippen LogP contribution in [-0.4, -0.2) is 21.5 Å². The summed E-state index contributed by atoms with van der Waals surface area (Å²) in [7, 11) is 0.